The number of ether oxygens (including phenoxy) is 1. The maximum absolute atomic E-state index is 12.1. The summed E-state index contributed by atoms with van der Waals surface area (Å²) in [4.78, 5) is 12.1. The van der Waals surface area contributed by atoms with Gasteiger partial charge in [0.1, 0.15) is 5.75 Å². The molecule has 1 aromatic rings. The van der Waals surface area contributed by atoms with Gasteiger partial charge in [0.25, 0.3) is 5.91 Å². The fraction of sp³-hybridized carbons (Fsp3) is 0.500. The lowest BCUT2D eigenvalue weighted by Gasteiger charge is -2.23. The molecule has 1 aromatic carbocycles. The molecule has 1 atom stereocenters. The molecule has 96 valence electrons. The summed E-state index contributed by atoms with van der Waals surface area (Å²) in [7, 11) is 0. The highest BCUT2D eigenvalue weighted by Crippen LogP contribution is 2.25. The number of amides is 1. The minimum absolute atomic E-state index is 0.0263. The summed E-state index contributed by atoms with van der Waals surface area (Å²) in [6.07, 6.45) is 3.09. The van der Waals surface area contributed by atoms with Gasteiger partial charge in [-0.05, 0) is 43.1 Å². The van der Waals surface area contributed by atoms with Gasteiger partial charge in [0.05, 0.1) is 6.61 Å². The van der Waals surface area contributed by atoms with Crippen molar-refractivity contribution in [3.8, 4) is 5.75 Å². The smallest absolute Gasteiger partial charge is 0.251 e. The Balaban J connectivity index is 1.68. The van der Waals surface area contributed by atoms with Crippen LogP contribution in [0.4, 0.5) is 0 Å². The molecule has 1 unspecified atom stereocenters. The van der Waals surface area contributed by atoms with Crippen LogP contribution in [0.2, 0.25) is 0 Å². The van der Waals surface area contributed by atoms with Crippen LogP contribution in [0.15, 0.2) is 18.2 Å². The molecule has 0 bridgehead atoms. The van der Waals surface area contributed by atoms with Gasteiger partial charge in [0.2, 0.25) is 0 Å². The number of fused-ring (bicyclic) bond motifs is 1. The highest BCUT2D eigenvalue weighted by molar-refractivity contribution is 5.94. The maximum Gasteiger partial charge on any atom is 0.251 e. The number of carbonyl (C=O) groups is 1. The first kappa shape index (κ1) is 11.5. The van der Waals surface area contributed by atoms with E-state index < -0.39 is 0 Å². The quantitative estimate of drug-likeness (QED) is 0.821. The van der Waals surface area contributed by atoms with E-state index in [9.17, 15) is 4.79 Å². The van der Waals surface area contributed by atoms with Crippen molar-refractivity contribution >= 4 is 5.91 Å². The maximum atomic E-state index is 12.1. The Bertz CT molecular complexity index is 453. The number of hydrogen-bond donors (Lipinski definition) is 2. The lowest BCUT2D eigenvalue weighted by molar-refractivity contribution is 0.0930. The number of carbonyl (C=O) groups excluding carboxylic acids is 1. The Hall–Kier alpha value is -1.55. The molecule has 0 spiro atoms. The van der Waals surface area contributed by atoms with Gasteiger partial charge >= 0.3 is 0 Å². The van der Waals surface area contributed by atoms with E-state index in [4.69, 9.17) is 4.74 Å². The monoisotopic (exact) mass is 246 g/mol. The van der Waals surface area contributed by atoms with Crippen LogP contribution in [-0.2, 0) is 6.42 Å². The number of piperidine rings is 1. The molecule has 4 nitrogen and oxygen atoms in total. The molecule has 2 aliphatic heterocycles. The highest BCUT2D eigenvalue weighted by atomic mass is 16.5. The zero-order valence-electron chi connectivity index (χ0n) is 10.4. The Morgan fingerprint density at radius 2 is 2.39 bits per heavy atom. The van der Waals surface area contributed by atoms with E-state index in [1.54, 1.807) is 0 Å². The Kier molecular flexibility index (Phi) is 3.19. The molecule has 1 amide bonds. The van der Waals surface area contributed by atoms with Crippen LogP contribution in [0.3, 0.4) is 0 Å². The molecule has 0 radical (unpaired) electrons. The molecular weight excluding hydrogens is 228 g/mol. The molecule has 0 aromatic heterocycles. The summed E-state index contributed by atoms with van der Waals surface area (Å²) in [5.74, 6) is 0.948. The molecular formula is C14H18N2O2. The van der Waals surface area contributed by atoms with E-state index in [-0.39, 0.29) is 11.9 Å². The van der Waals surface area contributed by atoms with Crippen molar-refractivity contribution in [2.24, 2.45) is 0 Å². The predicted octanol–water partition coefficient (Wildman–Crippen LogP) is 1.10. The zero-order valence-corrected chi connectivity index (χ0v) is 10.4. The summed E-state index contributed by atoms with van der Waals surface area (Å²) in [5, 5.41) is 6.38. The van der Waals surface area contributed by atoms with E-state index in [1.807, 2.05) is 18.2 Å². The fourth-order valence-corrected chi connectivity index (χ4v) is 2.57. The van der Waals surface area contributed by atoms with Gasteiger partial charge < -0.3 is 15.4 Å². The van der Waals surface area contributed by atoms with Crippen LogP contribution < -0.4 is 15.4 Å². The van der Waals surface area contributed by atoms with E-state index in [0.717, 1.165) is 55.8 Å². The normalized spacial score (nSPS) is 22.1. The third-order valence-electron chi connectivity index (χ3n) is 3.58. The summed E-state index contributed by atoms with van der Waals surface area (Å²) in [6, 6.07) is 5.95. The van der Waals surface area contributed by atoms with Crippen molar-refractivity contribution in [3.05, 3.63) is 29.3 Å². The lowest BCUT2D eigenvalue weighted by atomic mass is 10.1. The Morgan fingerprint density at radius 1 is 1.44 bits per heavy atom. The third kappa shape index (κ3) is 2.34. The average Bonchev–Trinajstić information content (AvgIpc) is 2.87. The van der Waals surface area contributed by atoms with Gasteiger partial charge in [0.15, 0.2) is 0 Å². The average molecular weight is 246 g/mol. The Morgan fingerprint density at radius 3 is 3.22 bits per heavy atom. The first-order valence-corrected chi connectivity index (χ1v) is 6.60. The molecule has 2 heterocycles. The van der Waals surface area contributed by atoms with Crippen molar-refractivity contribution in [3.63, 3.8) is 0 Å². The van der Waals surface area contributed by atoms with Gasteiger partial charge in [0, 0.05) is 24.6 Å². The third-order valence-corrected chi connectivity index (χ3v) is 3.58. The molecule has 2 N–H and O–H groups in total. The molecule has 0 saturated carbocycles. The number of hydrogen-bond acceptors (Lipinski definition) is 3. The first-order valence-electron chi connectivity index (χ1n) is 6.60. The second-order valence-corrected chi connectivity index (χ2v) is 4.94. The molecule has 4 heteroatoms. The van der Waals surface area contributed by atoms with Gasteiger partial charge in [-0.3, -0.25) is 4.79 Å². The van der Waals surface area contributed by atoms with Crippen LogP contribution in [0.25, 0.3) is 0 Å². The van der Waals surface area contributed by atoms with E-state index in [2.05, 4.69) is 10.6 Å². The Labute approximate surface area is 107 Å². The van der Waals surface area contributed by atoms with Crippen molar-refractivity contribution in [1.29, 1.82) is 0 Å². The minimum Gasteiger partial charge on any atom is -0.493 e. The first-order chi connectivity index (χ1) is 8.83. The summed E-state index contributed by atoms with van der Waals surface area (Å²) < 4.78 is 5.44. The minimum atomic E-state index is 0.0263. The van der Waals surface area contributed by atoms with Crippen LogP contribution in [0.5, 0.6) is 5.75 Å². The topological polar surface area (TPSA) is 50.4 Å². The second-order valence-electron chi connectivity index (χ2n) is 4.94. The van der Waals surface area contributed by atoms with Gasteiger partial charge in [-0.1, -0.05) is 0 Å². The van der Waals surface area contributed by atoms with Crippen LogP contribution in [0, 0.1) is 0 Å². The molecule has 3 rings (SSSR count). The number of benzene rings is 1. The molecule has 1 saturated heterocycles. The second kappa shape index (κ2) is 4.98. The SMILES string of the molecule is O=C(NC1CCCNC1)c1ccc2c(c1)CCO2. The molecule has 0 aliphatic carbocycles. The number of nitrogens with one attached hydrogen (secondary N) is 2. The fourth-order valence-electron chi connectivity index (χ4n) is 2.57. The van der Waals surface area contributed by atoms with Crippen LogP contribution >= 0.6 is 0 Å². The van der Waals surface area contributed by atoms with Gasteiger partial charge in [-0.25, -0.2) is 0 Å². The van der Waals surface area contributed by atoms with Crippen molar-refractivity contribution < 1.29 is 9.53 Å². The van der Waals surface area contributed by atoms with Crippen LogP contribution in [0.1, 0.15) is 28.8 Å². The van der Waals surface area contributed by atoms with Crippen molar-refractivity contribution in [2.75, 3.05) is 19.7 Å². The van der Waals surface area contributed by atoms with E-state index in [1.165, 1.54) is 0 Å². The summed E-state index contributed by atoms with van der Waals surface area (Å²) >= 11 is 0. The van der Waals surface area contributed by atoms with Crippen molar-refractivity contribution in [2.45, 2.75) is 25.3 Å². The molecule has 18 heavy (non-hydrogen) atoms. The molecule has 1 fully saturated rings. The lowest BCUT2D eigenvalue weighted by Crippen LogP contribution is -2.45. The summed E-state index contributed by atoms with van der Waals surface area (Å²) in [5.41, 5.74) is 1.88. The standard InChI is InChI=1S/C14H18N2O2/c17-14(16-12-2-1-6-15-9-12)11-3-4-13-10(8-11)5-7-18-13/h3-4,8,12,15H,1-2,5-7,9H2,(H,16,17). The highest BCUT2D eigenvalue weighted by Gasteiger charge is 2.18. The van der Waals surface area contributed by atoms with Gasteiger partial charge in [-0.2, -0.15) is 0 Å². The summed E-state index contributed by atoms with van der Waals surface area (Å²) in [6.45, 7) is 2.66. The van der Waals surface area contributed by atoms with Gasteiger partial charge in [-0.15, -0.1) is 0 Å². The number of rotatable bonds is 2. The molecule has 2 aliphatic rings. The van der Waals surface area contributed by atoms with Crippen LogP contribution in [-0.4, -0.2) is 31.6 Å². The zero-order chi connectivity index (χ0) is 12.4. The largest absolute Gasteiger partial charge is 0.493 e. The van der Waals surface area contributed by atoms with E-state index in [0.29, 0.717) is 0 Å². The van der Waals surface area contributed by atoms with Crippen molar-refractivity contribution in [1.82, 2.24) is 10.6 Å². The van der Waals surface area contributed by atoms with E-state index >= 15 is 0 Å². The predicted molar refractivity (Wildman–Crippen MR) is 69.0 cm³/mol.